The van der Waals surface area contributed by atoms with Crippen molar-refractivity contribution in [2.45, 2.75) is 6.92 Å². The summed E-state index contributed by atoms with van der Waals surface area (Å²) in [6.07, 6.45) is 2.06. The van der Waals surface area contributed by atoms with E-state index in [4.69, 9.17) is 23.2 Å². The first-order valence-corrected chi connectivity index (χ1v) is 10.4. The summed E-state index contributed by atoms with van der Waals surface area (Å²) in [4.78, 5) is 41.2. The topological polar surface area (TPSA) is 127 Å². The van der Waals surface area contributed by atoms with Gasteiger partial charge in [0.05, 0.1) is 34.1 Å². The van der Waals surface area contributed by atoms with Gasteiger partial charge < -0.3 is 10.1 Å². The Balaban J connectivity index is 1.98. The molecule has 0 aliphatic heterocycles. The largest absolute Gasteiger partial charge is 0.452 e. The Labute approximate surface area is 200 Å². The first kappa shape index (κ1) is 23.5. The Bertz CT molecular complexity index is 1220. The monoisotopic (exact) mass is 540 g/mol. The molecule has 0 aliphatic carbocycles. The Morgan fingerprint density at radius 1 is 1.16 bits per heavy atom. The lowest BCUT2D eigenvalue weighted by atomic mass is 10.1. The van der Waals surface area contributed by atoms with Crippen molar-refractivity contribution in [2.24, 2.45) is 0 Å². The van der Waals surface area contributed by atoms with Crippen LogP contribution in [0.25, 0.3) is 5.82 Å². The summed E-state index contributed by atoms with van der Waals surface area (Å²) in [5, 5.41) is 7.40. The molecule has 0 saturated heterocycles. The van der Waals surface area contributed by atoms with Gasteiger partial charge in [-0.15, -0.1) is 0 Å². The quantitative estimate of drug-likeness (QED) is 0.430. The molecule has 0 bridgehead atoms. The van der Waals surface area contributed by atoms with Gasteiger partial charge in [-0.05, 0) is 52.7 Å². The number of benzene rings is 1. The average molecular weight is 542 g/mol. The van der Waals surface area contributed by atoms with Crippen molar-refractivity contribution < 1.29 is 19.1 Å². The molecule has 32 heavy (non-hydrogen) atoms. The predicted molar refractivity (Wildman–Crippen MR) is 121 cm³/mol. The molecule has 2 aromatic heterocycles. The molecule has 0 radical (unpaired) electrons. The van der Waals surface area contributed by atoms with Crippen LogP contribution in [-0.4, -0.2) is 39.8 Å². The SMILES string of the molecule is COC(=O)NNC(=O)c1cc(Cl)cc(C)c1NC(=O)c1c(Br)cnn1-c1ncccc1Cl. The van der Waals surface area contributed by atoms with E-state index in [1.165, 1.54) is 23.1 Å². The average Bonchev–Trinajstić information content (AvgIpc) is 3.14. The fourth-order valence-electron chi connectivity index (χ4n) is 2.71. The summed E-state index contributed by atoms with van der Waals surface area (Å²) in [6.45, 7) is 1.66. The van der Waals surface area contributed by atoms with E-state index < -0.39 is 17.9 Å². The summed E-state index contributed by atoms with van der Waals surface area (Å²) in [5.41, 5.74) is 5.03. The zero-order valence-corrected chi connectivity index (χ0v) is 19.7. The van der Waals surface area contributed by atoms with E-state index in [2.05, 4.69) is 46.9 Å². The number of nitrogens with one attached hydrogen (secondary N) is 3. The number of anilines is 1. The van der Waals surface area contributed by atoms with Gasteiger partial charge in [-0.3, -0.25) is 15.0 Å². The number of halogens is 3. The fourth-order valence-corrected chi connectivity index (χ4v) is 3.63. The number of nitrogens with zero attached hydrogens (tertiary/aromatic N) is 3. The van der Waals surface area contributed by atoms with Crippen LogP contribution in [0.4, 0.5) is 10.5 Å². The van der Waals surface area contributed by atoms with Crippen LogP contribution in [0.3, 0.4) is 0 Å². The number of aromatic nitrogens is 3. The van der Waals surface area contributed by atoms with E-state index in [0.717, 1.165) is 7.11 Å². The van der Waals surface area contributed by atoms with Crippen LogP contribution < -0.4 is 16.2 Å². The van der Waals surface area contributed by atoms with Gasteiger partial charge >= 0.3 is 6.09 Å². The highest BCUT2D eigenvalue weighted by molar-refractivity contribution is 9.10. The van der Waals surface area contributed by atoms with Gasteiger partial charge in [0.15, 0.2) is 5.82 Å². The summed E-state index contributed by atoms with van der Waals surface area (Å²) >= 11 is 15.6. The molecule has 2 heterocycles. The van der Waals surface area contributed by atoms with E-state index >= 15 is 0 Å². The van der Waals surface area contributed by atoms with Gasteiger partial charge in [-0.1, -0.05) is 23.2 Å². The maximum atomic E-state index is 13.2. The van der Waals surface area contributed by atoms with Crippen molar-refractivity contribution >= 4 is 62.7 Å². The van der Waals surface area contributed by atoms with Crippen molar-refractivity contribution in [2.75, 3.05) is 12.4 Å². The van der Waals surface area contributed by atoms with Gasteiger partial charge in [0.1, 0.15) is 5.69 Å². The molecule has 1 aromatic carbocycles. The molecule has 3 rings (SSSR count). The second kappa shape index (κ2) is 9.98. The minimum absolute atomic E-state index is 0.0119. The van der Waals surface area contributed by atoms with Crippen LogP contribution in [0.15, 0.2) is 41.1 Å². The molecule has 0 unspecified atom stereocenters. The zero-order chi connectivity index (χ0) is 23.4. The number of carbonyl (C=O) groups is 3. The van der Waals surface area contributed by atoms with Crippen molar-refractivity contribution in [1.29, 1.82) is 0 Å². The Kier molecular flexibility index (Phi) is 7.33. The smallest absolute Gasteiger partial charge is 0.425 e. The van der Waals surface area contributed by atoms with Crippen molar-refractivity contribution in [3.63, 3.8) is 0 Å². The number of carbonyl (C=O) groups excluding carboxylic acids is 3. The first-order chi connectivity index (χ1) is 15.2. The number of rotatable bonds is 4. The van der Waals surface area contributed by atoms with Crippen molar-refractivity contribution in [3.05, 3.63) is 68.0 Å². The van der Waals surface area contributed by atoms with E-state index in [1.807, 2.05) is 0 Å². The highest BCUT2D eigenvalue weighted by Crippen LogP contribution is 2.28. The number of pyridine rings is 1. The number of ether oxygens (including phenoxy) is 1. The second-order valence-corrected chi connectivity index (χ2v) is 7.93. The van der Waals surface area contributed by atoms with Gasteiger partial charge in [0.25, 0.3) is 11.8 Å². The van der Waals surface area contributed by atoms with Crippen LogP contribution >= 0.6 is 39.1 Å². The second-order valence-electron chi connectivity index (χ2n) is 6.23. The lowest BCUT2D eigenvalue weighted by Gasteiger charge is -2.16. The molecule has 10 nitrogen and oxygen atoms in total. The molecule has 3 aromatic rings. The summed E-state index contributed by atoms with van der Waals surface area (Å²) < 4.78 is 6.06. The Morgan fingerprint density at radius 3 is 2.59 bits per heavy atom. The molecule has 0 atom stereocenters. The number of hydrogen-bond acceptors (Lipinski definition) is 6. The highest BCUT2D eigenvalue weighted by atomic mass is 79.9. The molecule has 3 N–H and O–H groups in total. The first-order valence-electron chi connectivity index (χ1n) is 8.83. The number of amides is 3. The highest BCUT2D eigenvalue weighted by Gasteiger charge is 2.24. The van der Waals surface area contributed by atoms with Gasteiger partial charge in [-0.25, -0.2) is 19.9 Å². The number of aryl methyl sites for hydroxylation is 1. The van der Waals surface area contributed by atoms with Crippen LogP contribution in [0.5, 0.6) is 0 Å². The standard InChI is InChI=1S/C19H15BrCl2N6O4/c1-9-6-10(21)7-11(17(29)26-27-19(31)32-2)14(9)25-18(30)15-12(20)8-24-28(15)16-13(22)4-3-5-23-16/h3-8H,1-2H3,(H,25,30)(H,26,29)(H,27,31). The van der Waals surface area contributed by atoms with E-state index in [-0.39, 0.29) is 32.8 Å². The van der Waals surface area contributed by atoms with Gasteiger partial charge in [0, 0.05) is 11.2 Å². The maximum absolute atomic E-state index is 13.2. The molecule has 0 saturated carbocycles. The van der Waals surface area contributed by atoms with Gasteiger partial charge in [-0.2, -0.15) is 5.10 Å². The lowest BCUT2D eigenvalue weighted by molar-refractivity contribution is 0.0921. The number of hydrazine groups is 1. The molecular formula is C19H15BrCl2N6O4. The molecule has 13 heteroatoms. The molecule has 166 valence electrons. The third-order valence-electron chi connectivity index (χ3n) is 4.13. The minimum atomic E-state index is -0.872. The van der Waals surface area contributed by atoms with Gasteiger partial charge in [0.2, 0.25) is 0 Å². The third kappa shape index (κ3) is 5.01. The van der Waals surface area contributed by atoms with Crippen LogP contribution in [0.1, 0.15) is 26.4 Å². The number of hydrogen-bond donors (Lipinski definition) is 3. The normalized spacial score (nSPS) is 10.4. The Hall–Kier alpha value is -3.15. The van der Waals surface area contributed by atoms with Crippen molar-refractivity contribution in [1.82, 2.24) is 25.6 Å². The minimum Gasteiger partial charge on any atom is -0.452 e. The lowest BCUT2D eigenvalue weighted by Crippen LogP contribution is -2.41. The maximum Gasteiger partial charge on any atom is 0.425 e. The number of methoxy groups -OCH3 is 1. The van der Waals surface area contributed by atoms with Crippen LogP contribution in [0, 0.1) is 6.92 Å². The van der Waals surface area contributed by atoms with E-state index in [1.54, 1.807) is 25.1 Å². The zero-order valence-electron chi connectivity index (χ0n) is 16.6. The van der Waals surface area contributed by atoms with E-state index in [9.17, 15) is 14.4 Å². The molecule has 3 amide bonds. The molecule has 0 fully saturated rings. The summed E-state index contributed by atoms with van der Waals surface area (Å²) in [5.74, 6) is -1.08. The summed E-state index contributed by atoms with van der Waals surface area (Å²) in [7, 11) is 1.14. The molecular weight excluding hydrogens is 527 g/mol. The third-order valence-corrected chi connectivity index (χ3v) is 5.22. The Morgan fingerprint density at radius 2 is 1.91 bits per heavy atom. The van der Waals surface area contributed by atoms with Crippen LogP contribution in [-0.2, 0) is 4.74 Å². The fraction of sp³-hybridized carbons (Fsp3) is 0.105. The molecule has 0 spiro atoms. The van der Waals surface area contributed by atoms with Crippen molar-refractivity contribution in [3.8, 4) is 5.82 Å². The summed E-state index contributed by atoms with van der Waals surface area (Å²) in [6, 6.07) is 6.18. The van der Waals surface area contributed by atoms with Crippen LogP contribution in [0.2, 0.25) is 10.0 Å². The molecule has 0 aliphatic rings. The predicted octanol–water partition coefficient (Wildman–Crippen LogP) is 3.90. The van der Waals surface area contributed by atoms with E-state index in [0.29, 0.717) is 10.0 Å².